The molecular weight excluding hydrogens is 270 g/mol. The van der Waals surface area contributed by atoms with Gasteiger partial charge in [-0.1, -0.05) is 13.8 Å². The molecule has 0 radical (unpaired) electrons. The summed E-state index contributed by atoms with van der Waals surface area (Å²) < 4.78 is 4.29. The molecule has 3 heterocycles. The van der Waals surface area contributed by atoms with Gasteiger partial charge in [-0.15, -0.1) is 11.3 Å². The van der Waals surface area contributed by atoms with Gasteiger partial charge in [0.2, 0.25) is 0 Å². The van der Waals surface area contributed by atoms with E-state index in [-0.39, 0.29) is 0 Å². The summed E-state index contributed by atoms with van der Waals surface area (Å²) in [5.41, 5.74) is 1.19. The molecule has 0 aliphatic carbocycles. The number of fused-ring (bicyclic) bond motifs is 1. The van der Waals surface area contributed by atoms with Crippen LogP contribution in [0, 0.1) is 0 Å². The van der Waals surface area contributed by atoms with Crippen molar-refractivity contribution in [1.82, 2.24) is 24.3 Å². The SMILES string of the molecule is CCCc1nccn1-c1nc2sccn2c1CNCC. The van der Waals surface area contributed by atoms with Crippen LogP contribution in [0.1, 0.15) is 31.8 Å². The zero-order chi connectivity index (χ0) is 13.9. The van der Waals surface area contributed by atoms with Crippen LogP contribution in [-0.2, 0) is 13.0 Å². The summed E-state index contributed by atoms with van der Waals surface area (Å²) >= 11 is 1.66. The summed E-state index contributed by atoms with van der Waals surface area (Å²) in [6.07, 6.45) is 8.00. The first-order valence-electron chi connectivity index (χ1n) is 7.02. The van der Waals surface area contributed by atoms with Crippen molar-refractivity contribution in [2.45, 2.75) is 33.2 Å². The van der Waals surface area contributed by atoms with E-state index < -0.39 is 0 Å². The first kappa shape index (κ1) is 13.3. The molecule has 20 heavy (non-hydrogen) atoms. The molecule has 0 spiro atoms. The topological polar surface area (TPSA) is 47.2 Å². The molecule has 106 valence electrons. The number of nitrogens with zero attached hydrogens (tertiary/aromatic N) is 4. The van der Waals surface area contributed by atoms with E-state index in [1.165, 1.54) is 5.69 Å². The highest BCUT2D eigenvalue weighted by Crippen LogP contribution is 2.22. The van der Waals surface area contributed by atoms with E-state index in [2.05, 4.69) is 44.7 Å². The first-order chi connectivity index (χ1) is 9.85. The van der Waals surface area contributed by atoms with Crippen molar-refractivity contribution in [1.29, 1.82) is 0 Å². The van der Waals surface area contributed by atoms with E-state index in [0.29, 0.717) is 0 Å². The fraction of sp³-hybridized carbons (Fsp3) is 0.429. The van der Waals surface area contributed by atoms with Crippen LogP contribution in [0.25, 0.3) is 10.8 Å². The molecule has 0 saturated heterocycles. The van der Waals surface area contributed by atoms with Crippen molar-refractivity contribution in [3.63, 3.8) is 0 Å². The highest BCUT2D eigenvalue weighted by atomic mass is 32.1. The van der Waals surface area contributed by atoms with Crippen LogP contribution in [0.2, 0.25) is 0 Å². The Balaban J connectivity index is 2.09. The molecule has 0 aliphatic heterocycles. The maximum Gasteiger partial charge on any atom is 0.195 e. The number of imidazole rings is 2. The molecule has 0 aliphatic rings. The second-order valence-electron chi connectivity index (χ2n) is 4.68. The van der Waals surface area contributed by atoms with E-state index in [1.807, 2.05) is 12.4 Å². The molecular formula is C14H19N5S. The summed E-state index contributed by atoms with van der Waals surface area (Å²) in [6.45, 7) is 6.05. The lowest BCUT2D eigenvalue weighted by Gasteiger charge is -2.08. The van der Waals surface area contributed by atoms with E-state index in [9.17, 15) is 0 Å². The highest BCUT2D eigenvalue weighted by molar-refractivity contribution is 7.15. The Morgan fingerprint density at radius 1 is 1.30 bits per heavy atom. The molecule has 0 aromatic carbocycles. The van der Waals surface area contributed by atoms with Gasteiger partial charge in [-0.25, -0.2) is 9.97 Å². The zero-order valence-electron chi connectivity index (χ0n) is 11.8. The van der Waals surface area contributed by atoms with E-state index >= 15 is 0 Å². The molecule has 0 bridgehead atoms. The Morgan fingerprint density at radius 2 is 2.20 bits per heavy atom. The summed E-state index contributed by atoms with van der Waals surface area (Å²) in [6, 6.07) is 0. The molecule has 0 atom stereocenters. The molecule has 3 rings (SSSR count). The van der Waals surface area contributed by atoms with Gasteiger partial charge in [-0.2, -0.15) is 0 Å². The number of rotatable bonds is 6. The van der Waals surface area contributed by atoms with Crippen LogP contribution < -0.4 is 5.32 Å². The van der Waals surface area contributed by atoms with Crippen LogP contribution in [0.3, 0.4) is 0 Å². The van der Waals surface area contributed by atoms with E-state index in [1.54, 1.807) is 11.3 Å². The first-order valence-corrected chi connectivity index (χ1v) is 7.90. The van der Waals surface area contributed by atoms with Crippen molar-refractivity contribution in [2.24, 2.45) is 0 Å². The minimum atomic E-state index is 0.813. The molecule has 0 unspecified atom stereocenters. The number of hydrogen-bond acceptors (Lipinski definition) is 4. The maximum atomic E-state index is 4.78. The molecule has 5 nitrogen and oxygen atoms in total. The minimum Gasteiger partial charge on any atom is -0.311 e. The normalized spacial score (nSPS) is 11.5. The fourth-order valence-electron chi connectivity index (χ4n) is 2.36. The summed E-state index contributed by atoms with van der Waals surface area (Å²) in [5.74, 6) is 2.08. The molecule has 1 N–H and O–H groups in total. The Hall–Kier alpha value is -1.66. The average molecular weight is 289 g/mol. The van der Waals surface area contributed by atoms with Crippen LogP contribution >= 0.6 is 11.3 Å². The molecule has 3 aromatic heterocycles. The lowest BCUT2D eigenvalue weighted by molar-refractivity contribution is 0.697. The van der Waals surface area contributed by atoms with Crippen molar-refractivity contribution in [3.8, 4) is 5.82 Å². The van der Waals surface area contributed by atoms with Gasteiger partial charge in [-0.3, -0.25) is 8.97 Å². The molecule has 3 aromatic rings. The van der Waals surface area contributed by atoms with Gasteiger partial charge in [0.1, 0.15) is 5.82 Å². The molecule has 0 amide bonds. The van der Waals surface area contributed by atoms with E-state index in [4.69, 9.17) is 4.98 Å². The summed E-state index contributed by atoms with van der Waals surface area (Å²) in [5, 5.41) is 5.47. The van der Waals surface area contributed by atoms with Crippen molar-refractivity contribution < 1.29 is 0 Å². The third-order valence-electron chi connectivity index (χ3n) is 3.30. The third kappa shape index (κ3) is 2.25. The third-order valence-corrected chi connectivity index (χ3v) is 4.06. The minimum absolute atomic E-state index is 0.813. The van der Waals surface area contributed by atoms with Crippen LogP contribution in [0.4, 0.5) is 0 Å². The number of aryl methyl sites for hydroxylation is 1. The van der Waals surface area contributed by atoms with Crippen molar-refractivity contribution in [2.75, 3.05) is 6.54 Å². The second kappa shape index (κ2) is 5.76. The number of aromatic nitrogens is 4. The average Bonchev–Trinajstić information content (AvgIpc) is 3.11. The number of nitrogens with one attached hydrogen (secondary N) is 1. The molecule has 0 saturated carbocycles. The van der Waals surface area contributed by atoms with Crippen LogP contribution in [0.15, 0.2) is 24.0 Å². The van der Waals surface area contributed by atoms with Gasteiger partial charge in [0.15, 0.2) is 10.8 Å². The van der Waals surface area contributed by atoms with Gasteiger partial charge in [0.25, 0.3) is 0 Å². The lowest BCUT2D eigenvalue weighted by atomic mass is 10.3. The van der Waals surface area contributed by atoms with Crippen LogP contribution in [-0.4, -0.2) is 25.5 Å². The number of thiazole rings is 1. The standard InChI is InChI=1S/C14H19N5S/c1-3-5-12-16-6-7-19(12)13-11(10-15-4-2)18-8-9-20-14(18)17-13/h6-9,15H,3-5,10H2,1-2H3. The molecule has 0 fully saturated rings. The summed E-state index contributed by atoms with van der Waals surface area (Å²) in [4.78, 5) is 10.3. The van der Waals surface area contributed by atoms with E-state index in [0.717, 1.165) is 42.5 Å². The zero-order valence-corrected chi connectivity index (χ0v) is 12.7. The maximum absolute atomic E-state index is 4.78. The van der Waals surface area contributed by atoms with Gasteiger partial charge in [-0.05, 0) is 13.0 Å². The lowest BCUT2D eigenvalue weighted by Crippen LogP contribution is -2.15. The van der Waals surface area contributed by atoms with Crippen LogP contribution in [0.5, 0.6) is 0 Å². The predicted octanol–water partition coefficient (Wildman–Crippen LogP) is 2.64. The Bertz CT molecular complexity index is 693. The fourth-order valence-corrected chi connectivity index (χ4v) is 3.09. The van der Waals surface area contributed by atoms with Gasteiger partial charge in [0, 0.05) is 36.9 Å². The smallest absolute Gasteiger partial charge is 0.195 e. The van der Waals surface area contributed by atoms with Gasteiger partial charge < -0.3 is 5.32 Å². The Kier molecular flexibility index (Phi) is 3.84. The molecule has 6 heteroatoms. The van der Waals surface area contributed by atoms with Gasteiger partial charge in [0.05, 0.1) is 5.69 Å². The van der Waals surface area contributed by atoms with Crippen molar-refractivity contribution in [3.05, 3.63) is 35.5 Å². The largest absolute Gasteiger partial charge is 0.311 e. The summed E-state index contributed by atoms with van der Waals surface area (Å²) in [7, 11) is 0. The number of hydrogen-bond donors (Lipinski definition) is 1. The predicted molar refractivity (Wildman–Crippen MR) is 81.6 cm³/mol. The van der Waals surface area contributed by atoms with Crippen molar-refractivity contribution >= 4 is 16.3 Å². The monoisotopic (exact) mass is 289 g/mol. The second-order valence-corrected chi connectivity index (χ2v) is 5.55. The quantitative estimate of drug-likeness (QED) is 0.759. The highest BCUT2D eigenvalue weighted by Gasteiger charge is 2.16. The Morgan fingerprint density at radius 3 is 3.00 bits per heavy atom. The Labute approximate surface area is 122 Å². The van der Waals surface area contributed by atoms with Gasteiger partial charge >= 0.3 is 0 Å².